The van der Waals surface area contributed by atoms with Gasteiger partial charge in [-0.2, -0.15) is 0 Å². The Hall–Kier alpha value is -2.29. The lowest BCUT2D eigenvalue weighted by molar-refractivity contribution is 0.102. The quantitative estimate of drug-likeness (QED) is 0.905. The summed E-state index contributed by atoms with van der Waals surface area (Å²) in [6.07, 6.45) is 0. The Labute approximate surface area is 113 Å². The molecular formula is C16H17NO2. The first-order valence-electron chi connectivity index (χ1n) is 6.30. The van der Waals surface area contributed by atoms with Crippen molar-refractivity contribution < 1.29 is 9.53 Å². The molecule has 0 aromatic heterocycles. The fourth-order valence-electron chi connectivity index (χ4n) is 1.83. The molecule has 0 fully saturated rings. The Kier molecular flexibility index (Phi) is 4.18. The van der Waals surface area contributed by atoms with Crippen molar-refractivity contribution >= 4 is 11.6 Å². The Morgan fingerprint density at radius 3 is 2.68 bits per heavy atom. The first-order valence-corrected chi connectivity index (χ1v) is 6.30. The van der Waals surface area contributed by atoms with Gasteiger partial charge in [-0.1, -0.05) is 29.8 Å². The minimum atomic E-state index is -0.129. The van der Waals surface area contributed by atoms with Gasteiger partial charge >= 0.3 is 0 Å². The van der Waals surface area contributed by atoms with E-state index in [2.05, 4.69) is 5.32 Å². The number of carbonyl (C=O) groups excluding carboxylic acids is 1. The van der Waals surface area contributed by atoms with Gasteiger partial charge in [0.25, 0.3) is 5.91 Å². The molecule has 3 heteroatoms. The van der Waals surface area contributed by atoms with Gasteiger partial charge < -0.3 is 10.1 Å². The van der Waals surface area contributed by atoms with Crippen LogP contribution in [0.3, 0.4) is 0 Å². The first kappa shape index (κ1) is 13.1. The third-order valence-electron chi connectivity index (χ3n) is 2.72. The second-order valence-electron chi connectivity index (χ2n) is 4.25. The van der Waals surface area contributed by atoms with Gasteiger partial charge in [-0.05, 0) is 38.1 Å². The predicted octanol–water partition coefficient (Wildman–Crippen LogP) is 3.65. The van der Waals surface area contributed by atoms with E-state index >= 15 is 0 Å². The molecule has 0 heterocycles. The number of aryl methyl sites for hydroxylation is 1. The van der Waals surface area contributed by atoms with E-state index in [9.17, 15) is 4.79 Å². The number of amides is 1. The van der Waals surface area contributed by atoms with Gasteiger partial charge in [0.15, 0.2) is 0 Å². The van der Waals surface area contributed by atoms with Crippen molar-refractivity contribution in [2.75, 3.05) is 11.9 Å². The molecular weight excluding hydrogens is 238 g/mol. The first-order chi connectivity index (χ1) is 9.20. The van der Waals surface area contributed by atoms with E-state index in [1.807, 2.05) is 56.3 Å². The normalized spacial score (nSPS) is 10.0. The Morgan fingerprint density at radius 1 is 1.16 bits per heavy atom. The summed E-state index contributed by atoms with van der Waals surface area (Å²) in [5.74, 6) is 0.557. The highest BCUT2D eigenvalue weighted by Crippen LogP contribution is 2.24. The van der Waals surface area contributed by atoms with Gasteiger partial charge in [-0.15, -0.1) is 0 Å². The summed E-state index contributed by atoms with van der Waals surface area (Å²) in [6, 6.07) is 14.9. The van der Waals surface area contributed by atoms with E-state index in [1.165, 1.54) is 0 Å². The summed E-state index contributed by atoms with van der Waals surface area (Å²) in [7, 11) is 0. The highest BCUT2D eigenvalue weighted by molar-refractivity contribution is 6.05. The SMILES string of the molecule is CCOc1ccccc1NC(=O)c1cccc(C)c1. The summed E-state index contributed by atoms with van der Waals surface area (Å²) < 4.78 is 5.48. The minimum Gasteiger partial charge on any atom is -0.492 e. The maximum Gasteiger partial charge on any atom is 0.255 e. The number of hydrogen-bond donors (Lipinski definition) is 1. The topological polar surface area (TPSA) is 38.3 Å². The molecule has 0 bridgehead atoms. The van der Waals surface area contributed by atoms with E-state index < -0.39 is 0 Å². The van der Waals surface area contributed by atoms with E-state index in [0.29, 0.717) is 23.6 Å². The zero-order valence-electron chi connectivity index (χ0n) is 11.1. The molecule has 2 aromatic carbocycles. The lowest BCUT2D eigenvalue weighted by Crippen LogP contribution is -2.13. The summed E-state index contributed by atoms with van der Waals surface area (Å²) in [4.78, 5) is 12.2. The zero-order chi connectivity index (χ0) is 13.7. The Balaban J connectivity index is 2.19. The van der Waals surface area contributed by atoms with E-state index in [1.54, 1.807) is 6.07 Å². The average Bonchev–Trinajstić information content (AvgIpc) is 2.41. The van der Waals surface area contributed by atoms with Crippen LogP contribution in [-0.4, -0.2) is 12.5 Å². The molecule has 0 saturated carbocycles. The Bertz CT molecular complexity index is 578. The highest BCUT2D eigenvalue weighted by Gasteiger charge is 2.09. The fourth-order valence-corrected chi connectivity index (χ4v) is 1.83. The van der Waals surface area contributed by atoms with Crippen LogP contribution in [0.25, 0.3) is 0 Å². The Morgan fingerprint density at radius 2 is 1.95 bits per heavy atom. The number of carbonyl (C=O) groups is 1. The van der Waals surface area contributed by atoms with Crippen LogP contribution in [0.2, 0.25) is 0 Å². The largest absolute Gasteiger partial charge is 0.492 e. The molecule has 0 aliphatic rings. The van der Waals surface area contributed by atoms with Crippen LogP contribution in [0.4, 0.5) is 5.69 Å². The van der Waals surface area contributed by atoms with Crippen LogP contribution in [0.15, 0.2) is 48.5 Å². The molecule has 19 heavy (non-hydrogen) atoms. The third-order valence-corrected chi connectivity index (χ3v) is 2.72. The summed E-state index contributed by atoms with van der Waals surface area (Å²) in [6.45, 7) is 4.45. The van der Waals surface area contributed by atoms with Crippen LogP contribution < -0.4 is 10.1 Å². The van der Waals surface area contributed by atoms with Crippen LogP contribution >= 0.6 is 0 Å². The number of ether oxygens (including phenoxy) is 1. The molecule has 2 rings (SSSR count). The second-order valence-corrected chi connectivity index (χ2v) is 4.25. The molecule has 0 radical (unpaired) electrons. The van der Waals surface area contributed by atoms with Crippen molar-refractivity contribution in [3.63, 3.8) is 0 Å². The molecule has 0 atom stereocenters. The van der Waals surface area contributed by atoms with Crippen LogP contribution in [0.1, 0.15) is 22.8 Å². The molecule has 98 valence electrons. The van der Waals surface area contributed by atoms with E-state index in [4.69, 9.17) is 4.74 Å². The maximum atomic E-state index is 12.2. The van der Waals surface area contributed by atoms with Gasteiger partial charge in [0.2, 0.25) is 0 Å². The second kappa shape index (κ2) is 6.05. The van der Waals surface area contributed by atoms with Gasteiger partial charge in [0.1, 0.15) is 5.75 Å². The molecule has 2 aromatic rings. The fraction of sp³-hybridized carbons (Fsp3) is 0.188. The molecule has 3 nitrogen and oxygen atoms in total. The van der Waals surface area contributed by atoms with Crippen molar-refractivity contribution in [1.29, 1.82) is 0 Å². The predicted molar refractivity (Wildman–Crippen MR) is 76.7 cm³/mol. The van der Waals surface area contributed by atoms with Crippen LogP contribution in [0.5, 0.6) is 5.75 Å². The third kappa shape index (κ3) is 3.35. The number of rotatable bonds is 4. The number of benzene rings is 2. The monoisotopic (exact) mass is 255 g/mol. The van der Waals surface area contributed by atoms with Crippen molar-refractivity contribution in [3.05, 3.63) is 59.7 Å². The standard InChI is InChI=1S/C16H17NO2/c1-3-19-15-10-5-4-9-14(15)17-16(18)13-8-6-7-12(2)11-13/h4-11H,3H2,1-2H3,(H,17,18). The zero-order valence-corrected chi connectivity index (χ0v) is 11.1. The lowest BCUT2D eigenvalue weighted by atomic mass is 10.1. The number of hydrogen-bond acceptors (Lipinski definition) is 2. The van der Waals surface area contributed by atoms with Gasteiger partial charge in [0, 0.05) is 5.56 Å². The lowest BCUT2D eigenvalue weighted by Gasteiger charge is -2.11. The molecule has 0 spiro atoms. The van der Waals surface area contributed by atoms with Gasteiger partial charge in [-0.3, -0.25) is 4.79 Å². The summed E-state index contributed by atoms with van der Waals surface area (Å²) in [5.41, 5.74) is 2.40. The van der Waals surface area contributed by atoms with Crippen LogP contribution in [-0.2, 0) is 0 Å². The molecule has 0 unspecified atom stereocenters. The van der Waals surface area contributed by atoms with Crippen molar-refractivity contribution in [1.82, 2.24) is 0 Å². The number of para-hydroxylation sites is 2. The van der Waals surface area contributed by atoms with Crippen LogP contribution in [0, 0.1) is 6.92 Å². The molecule has 1 amide bonds. The van der Waals surface area contributed by atoms with Gasteiger partial charge in [0.05, 0.1) is 12.3 Å². The van der Waals surface area contributed by atoms with E-state index in [0.717, 1.165) is 5.56 Å². The highest BCUT2D eigenvalue weighted by atomic mass is 16.5. The van der Waals surface area contributed by atoms with Crippen molar-refractivity contribution in [3.8, 4) is 5.75 Å². The average molecular weight is 255 g/mol. The molecule has 0 aliphatic carbocycles. The molecule has 0 aliphatic heterocycles. The van der Waals surface area contributed by atoms with Crippen molar-refractivity contribution in [2.45, 2.75) is 13.8 Å². The van der Waals surface area contributed by atoms with Gasteiger partial charge in [-0.25, -0.2) is 0 Å². The number of nitrogens with one attached hydrogen (secondary N) is 1. The van der Waals surface area contributed by atoms with Crippen molar-refractivity contribution in [2.24, 2.45) is 0 Å². The number of anilines is 1. The molecule has 0 saturated heterocycles. The summed E-state index contributed by atoms with van der Waals surface area (Å²) in [5, 5.41) is 2.87. The smallest absolute Gasteiger partial charge is 0.255 e. The maximum absolute atomic E-state index is 12.2. The van der Waals surface area contributed by atoms with E-state index in [-0.39, 0.29) is 5.91 Å². The summed E-state index contributed by atoms with van der Waals surface area (Å²) >= 11 is 0. The minimum absolute atomic E-state index is 0.129. The molecule has 1 N–H and O–H groups in total.